The molecule has 0 unspecified atom stereocenters. The van der Waals surface area contributed by atoms with E-state index in [1.54, 1.807) is 42.5 Å². The molecule has 1 amide bonds. The first-order valence-electron chi connectivity index (χ1n) is 6.97. The summed E-state index contributed by atoms with van der Waals surface area (Å²) < 4.78 is 31.9. The van der Waals surface area contributed by atoms with Crippen molar-refractivity contribution in [2.24, 2.45) is 0 Å². The molecular formula is C17H16BrNO4S. The first-order chi connectivity index (χ1) is 11.3. The summed E-state index contributed by atoms with van der Waals surface area (Å²) in [5.74, 6) is -0.164. The van der Waals surface area contributed by atoms with Crippen LogP contribution in [0.4, 0.5) is 0 Å². The van der Waals surface area contributed by atoms with Crippen molar-refractivity contribution in [3.05, 3.63) is 69.0 Å². The Bertz CT molecular complexity index is 891. The van der Waals surface area contributed by atoms with Gasteiger partial charge in [0, 0.05) is 10.0 Å². The molecule has 0 saturated heterocycles. The summed E-state index contributed by atoms with van der Waals surface area (Å²) in [6, 6.07) is 12.0. The van der Waals surface area contributed by atoms with Gasteiger partial charge in [0.25, 0.3) is 15.9 Å². The first kappa shape index (κ1) is 18.2. The molecule has 0 bridgehead atoms. The zero-order valence-corrected chi connectivity index (χ0v) is 15.5. The normalized spacial score (nSPS) is 11.5. The van der Waals surface area contributed by atoms with E-state index in [1.807, 2.05) is 11.6 Å². The second-order valence-corrected chi connectivity index (χ2v) is 7.42. The number of para-hydroxylation sites is 1. The van der Waals surface area contributed by atoms with Gasteiger partial charge in [0.05, 0.1) is 18.1 Å². The van der Waals surface area contributed by atoms with Crippen LogP contribution in [0.3, 0.4) is 0 Å². The van der Waals surface area contributed by atoms with Crippen molar-refractivity contribution in [2.45, 2.75) is 6.92 Å². The van der Waals surface area contributed by atoms with Crippen LogP contribution < -0.4 is 9.46 Å². The number of methoxy groups -OCH3 is 1. The topological polar surface area (TPSA) is 72.5 Å². The zero-order valence-electron chi connectivity index (χ0n) is 13.1. The molecule has 0 fully saturated rings. The minimum Gasteiger partial charge on any atom is -0.496 e. The van der Waals surface area contributed by atoms with Gasteiger partial charge in [-0.2, -0.15) is 0 Å². The largest absolute Gasteiger partial charge is 0.496 e. The van der Waals surface area contributed by atoms with Gasteiger partial charge in [0.15, 0.2) is 0 Å². The molecular weight excluding hydrogens is 394 g/mol. The summed E-state index contributed by atoms with van der Waals surface area (Å²) in [7, 11) is -2.44. The number of ether oxygens (including phenoxy) is 1. The standard InChI is InChI=1S/C17H16BrNO4S/c1-12-7-8-14(15(18)11-12)17(20)19-24(21,22)10-9-13-5-3-4-6-16(13)23-2/h3-11H,1-2H3,(H,19,20). The highest BCUT2D eigenvalue weighted by molar-refractivity contribution is 9.10. The molecule has 2 aromatic rings. The van der Waals surface area contributed by atoms with Crippen LogP contribution in [-0.2, 0) is 10.0 Å². The maximum atomic E-state index is 12.1. The van der Waals surface area contributed by atoms with Crippen molar-refractivity contribution >= 4 is 37.9 Å². The maximum Gasteiger partial charge on any atom is 0.266 e. The minimum absolute atomic E-state index is 0.245. The van der Waals surface area contributed by atoms with Crippen molar-refractivity contribution in [1.82, 2.24) is 4.72 Å². The van der Waals surface area contributed by atoms with Crippen molar-refractivity contribution in [1.29, 1.82) is 0 Å². The van der Waals surface area contributed by atoms with Crippen LogP contribution in [0.15, 0.2) is 52.3 Å². The van der Waals surface area contributed by atoms with Gasteiger partial charge in [-0.3, -0.25) is 4.79 Å². The molecule has 5 nitrogen and oxygen atoms in total. The predicted molar refractivity (Wildman–Crippen MR) is 97.3 cm³/mol. The summed E-state index contributed by atoms with van der Waals surface area (Å²) in [6.45, 7) is 1.87. The molecule has 0 aliphatic rings. The van der Waals surface area contributed by atoms with Crippen LogP contribution in [0.1, 0.15) is 21.5 Å². The Morgan fingerprint density at radius 2 is 1.92 bits per heavy atom. The molecule has 0 aromatic heterocycles. The molecule has 0 spiro atoms. The first-order valence-corrected chi connectivity index (χ1v) is 9.31. The van der Waals surface area contributed by atoms with E-state index < -0.39 is 15.9 Å². The van der Waals surface area contributed by atoms with E-state index in [1.165, 1.54) is 13.2 Å². The summed E-state index contributed by atoms with van der Waals surface area (Å²) >= 11 is 3.26. The van der Waals surface area contributed by atoms with Crippen molar-refractivity contribution in [2.75, 3.05) is 7.11 Å². The fourth-order valence-corrected chi connectivity index (χ4v) is 3.42. The van der Waals surface area contributed by atoms with E-state index >= 15 is 0 Å². The van der Waals surface area contributed by atoms with E-state index in [9.17, 15) is 13.2 Å². The summed E-state index contributed by atoms with van der Waals surface area (Å²) in [4.78, 5) is 12.1. The Kier molecular flexibility index (Phi) is 5.80. The number of rotatable bonds is 5. The summed E-state index contributed by atoms with van der Waals surface area (Å²) in [6.07, 6.45) is 1.37. The van der Waals surface area contributed by atoms with Crippen LogP contribution in [0.5, 0.6) is 5.75 Å². The summed E-state index contributed by atoms with van der Waals surface area (Å²) in [5.41, 5.74) is 1.79. The average molecular weight is 410 g/mol. The third kappa shape index (κ3) is 4.69. The molecule has 24 heavy (non-hydrogen) atoms. The van der Waals surface area contributed by atoms with Gasteiger partial charge in [0.1, 0.15) is 5.75 Å². The Hall–Kier alpha value is -2.12. The zero-order chi connectivity index (χ0) is 17.7. The highest BCUT2D eigenvalue weighted by atomic mass is 79.9. The highest BCUT2D eigenvalue weighted by Gasteiger charge is 2.16. The number of amides is 1. The molecule has 2 rings (SSSR count). The van der Waals surface area contributed by atoms with Gasteiger partial charge < -0.3 is 4.74 Å². The average Bonchev–Trinajstić information content (AvgIpc) is 2.52. The number of hydrogen-bond donors (Lipinski definition) is 1. The molecule has 2 aromatic carbocycles. The van der Waals surface area contributed by atoms with Gasteiger partial charge in [-0.05, 0) is 52.7 Å². The monoisotopic (exact) mass is 409 g/mol. The molecule has 0 saturated carbocycles. The fraction of sp³-hybridized carbons (Fsp3) is 0.118. The van der Waals surface area contributed by atoms with Crippen molar-refractivity contribution in [3.8, 4) is 5.75 Å². The second kappa shape index (κ2) is 7.63. The van der Waals surface area contributed by atoms with E-state index in [4.69, 9.17) is 4.74 Å². The maximum absolute atomic E-state index is 12.1. The molecule has 0 aliphatic heterocycles. The molecule has 1 N–H and O–H groups in total. The van der Waals surface area contributed by atoms with Gasteiger partial charge >= 0.3 is 0 Å². The number of aryl methyl sites for hydroxylation is 1. The van der Waals surface area contributed by atoms with Crippen LogP contribution >= 0.6 is 15.9 Å². The van der Waals surface area contributed by atoms with Gasteiger partial charge in [-0.15, -0.1) is 0 Å². The Balaban J connectivity index is 2.19. The number of sulfonamides is 1. The lowest BCUT2D eigenvalue weighted by Gasteiger charge is -2.07. The smallest absolute Gasteiger partial charge is 0.266 e. The van der Waals surface area contributed by atoms with E-state index in [-0.39, 0.29) is 5.56 Å². The van der Waals surface area contributed by atoms with Gasteiger partial charge in [-0.25, -0.2) is 13.1 Å². The molecule has 126 valence electrons. The number of benzene rings is 2. The lowest BCUT2D eigenvalue weighted by atomic mass is 10.1. The molecule has 7 heteroatoms. The number of carbonyl (C=O) groups excluding carboxylic acids is 1. The van der Waals surface area contributed by atoms with Gasteiger partial charge in [-0.1, -0.05) is 24.3 Å². The number of halogens is 1. The van der Waals surface area contributed by atoms with Gasteiger partial charge in [0.2, 0.25) is 0 Å². The Morgan fingerprint density at radius 1 is 1.21 bits per heavy atom. The van der Waals surface area contributed by atoms with Crippen LogP contribution in [0.25, 0.3) is 6.08 Å². The quantitative estimate of drug-likeness (QED) is 0.819. The van der Waals surface area contributed by atoms with Crippen LogP contribution in [0, 0.1) is 6.92 Å². The second-order valence-electron chi connectivity index (χ2n) is 5.00. The Morgan fingerprint density at radius 3 is 2.58 bits per heavy atom. The lowest BCUT2D eigenvalue weighted by molar-refractivity contribution is 0.0981. The molecule has 0 radical (unpaired) electrons. The molecule has 0 aliphatic carbocycles. The minimum atomic E-state index is -3.94. The SMILES string of the molecule is COc1ccccc1C=CS(=O)(=O)NC(=O)c1ccc(C)cc1Br. The molecule has 0 heterocycles. The van der Waals surface area contributed by atoms with Crippen molar-refractivity contribution < 1.29 is 17.9 Å². The number of nitrogens with one attached hydrogen (secondary N) is 1. The third-order valence-electron chi connectivity index (χ3n) is 3.17. The lowest BCUT2D eigenvalue weighted by Crippen LogP contribution is -2.29. The van der Waals surface area contributed by atoms with Crippen LogP contribution in [-0.4, -0.2) is 21.4 Å². The summed E-state index contributed by atoms with van der Waals surface area (Å²) in [5, 5.41) is 0.935. The predicted octanol–water partition coefficient (Wildman–Crippen LogP) is 3.50. The van der Waals surface area contributed by atoms with Crippen molar-refractivity contribution in [3.63, 3.8) is 0 Å². The third-order valence-corrected chi connectivity index (χ3v) is 4.79. The molecule has 0 atom stereocenters. The Labute approximate surface area is 149 Å². The number of carbonyl (C=O) groups is 1. The fourth-order valence-electron chi connectivity index (χ4n) is 1.99. The number of hydrogen-bond acceptors (Lipinski definition) is 4. The van der Waals surface area contributed by atoms with E-state index in [0.717, 1.165) is 11.0 Å². The van der Waals surface area contributed by atoms with E-state index in [0.29, 0.717) is 15.8 Å². The van der Waals surface area contributed by atoms with E-state index in [2.05, 4.69) is 15.9 Å². The van der Waals surface area contributed by atoms with Crippen LogP contribution in [0.2, 0.25) is 0 Å². The highest BCUT2D eigenvalue weighted by Crippen LogP contribution is 2.20.